The number of halogens is 1. The molecule has 0 aliphatic heterocycles. The lowest BCUT2D eigenvalue weighted by Crippen LogP contribution is -2.24. The van der Waals surface area contributed by atoms with E-state index in [1.807, 2.05) is 42.5 Å². The summed E-state index contributed by atoms with van der Waals surface area (Å²) in [6, 6.07) is 22.4. The second-order valence-corrected chi connectivity index (χ2v) is 7.13. The van der Waals surface area contributed by atoms with E-state index < -0.39 is 0 Å². The lowest BCUT2D eigenvalue weighted by molar-refractivity contribution is -0.123. The molecule has 1 amide bonds. The zero-order valence-corrected chi connectivity index (χ0v) is 18.0. The summed E-state index contributed by atoms with van der Waals surface area (Å²) in [7, 11) is 1.58. The van der Waals surface area contributed by atoms with Crippen molar-refractivity contribution < 1.29 is 19.0 Å². The molecule has 3 aromatic carbocycles. The highest BCUT2D eigenvalue weighted by atomic mass is 79.9. The first-order chi connectivity index (χ1) is 14.6. The maximum absolute atomic E-state index is 11.9. The fourth-order valence-electron chi connectivity index (χ4n) is 2.55. The van der Waals surface area contributed by atoms with Gasteiger partial charge in [0.05, 0.1) is 13.3 Å². The maximum Gasteiger partial charge on any atom is 0.277 e. The zero-order chi connectivity index (χ0) is 21.2. The first kappa shape index (κ1) is 21.4. The van der Waals surface area contributed by atoms with E-state index in [0.29, 0.717) is 29.4 Å². The number of methoxy groups -OCH3 is 1. The van der Waals surface area contributed by atoms with Crippen LogP contribution in [0, 0.1) is 0 Å². The Morgan fingerprint density at radius 2 is 1.83 bits per heavy atom. The topological polar surface area (TPSA) is 69.2 Å². The normalized spacial score (nSPS) is 10.6. The van der Waals surface area contributed by atoms with Crippen LogP contribution in [0.15, 0.2) is 82.4 Å². The number of ether oxygens (including phenoxy) is 3. The monoisotopic (exact) mass is 468 g/mol. The second kappa shape index (κ2) is 11.0. The van der Waals surface area contributed by atoms with Crippen LogP contribution in [-0.2, 0) is 11.4 Å². The van der Waals surface area contributed by atoms with Gasteiger partial charge in [-0.2, -0.15) is 5.10 Å². The standard InChI is InChI=1S/C23H21BrN2O4/c1-28-21-10-11-22(30-15-17-6-5-7-19(24)12-17)18(13-21)14-25-26-23(27)16-29-20-8-3-2-4-9-20/h2-14H,15-16H2,1H3,(H,26,27). The van der Waals surface area contributed by atoms with Crippen LogP contribution >= 0.6 is 15.9 Å². The highest BCUT2D eigenvalue weighted by molar-refractivity contribution is 9.10. The van der Waals surface area contributed by atoms with E-state index in [4.69, 9.17) is 14.2 Å². The molecule has 0 aromatic heterocycles. The lowest BCUT2D eigenvalue weighted by Gasteiger charge is -2.11. The molecule has 6 nitrogen and oxygen atoms in total. The molecule has 0 heterocycles. The summed E-state index contributed by atoms with van der Waals surface area (Å²) in [6.45, 7) is 0.260. The number of amides is 1. The van der Waals surface area contributed by atoms with E-state index in [-0.39, 0.29) is 12.5 Å². The van der Waals surface area contributed by atoms with Crippen molar-refractivity contribution >= 4 is 28.1 Å². The van der Waals surface area contributed by atoms with Crippen molar-refractivity contribution in [3.63, 3.8) is 0 Å². The van der Waals surface area contributed by atoms with Crippen LogP contribution in [0.1, 0.15) is 11.1 Å². The molecular weight excluding hydrogens is 448 g/mol. The summed E-state index contributed by atoms with van der Waals surface area (Å²) in [4.78, 5) is 11.9. The van der Waals surface area contributed by atoms with E-state index >= 15 is 0 Å². The molecule has 1 N–H and O–H groups in total. The molecule has 30 heavy (non-hydrogen) atoms. The Balaban J connectivity index is 1.60. The third kappa shape index (κ3) is 6.63. The molecule has 0 aliphatic carbocycles. The largest absolute Gasteiger partial charge is 0.497 e. The molecule has 154 valence electrons. The van der Waals surface area contributed by atoms with Crippen LogP contribution in [0.2, 0.25) is 0 Å². The zero-order valence-electron chi connectivity index (χ0n) is 16.4. The number of hydrazone groups is 1. The predicted molar refractivity (Wildman–Crippen MR) is 119 cm³/mol. The van der Waals surface area contributed by atoms with Crippen molar-refractivity contribution in [2.45, 2.75) is 6.61 Å². The van der Waals surface area contributed by atoms with Crippen LogP contribution < -0.4 is 19.6 Å². The van der Waals surface area contributed by atoms with Gasteiger partial charge in [0.1, 0.15) is 23.9 Å². The SMILES string of the molecule is COc1ccc(OCc2cccc(Br)c2)c(C=NNC(=O)COc2ccccc2)c1. The molecule has 0 saturated carbocycles. The van der Waals surface area contributed by atoms with E-state index in [0.717, 1.165) is 10.0 Å². The van der Waals surface area contributed by atoms with Gasteiger partial charge >= 0.3 is 0 Å². The molecule has 0 atom stereocenters. The molecule has 0 fully saturated rings. The molecule has 0 bridgehead atoms. The number of hydrogen-bond donors (Lipinski definition) is 1. The van der Waals surface area contributed by atoms with Gasteiger partial charge in [-0.3, -0.25) is 4.79 Å². The van der Waals surface area contributed by atoms with Gasteiger partial charge in [-0.15, -0.1) is 0 Å². The number of para-hydroxylation sites is 1. The summed E-state index contributed by atoms with van der Waals surface area (Å²) >= 11 is 3.45. The average molecular weight is 469 g/mol. The Morgan fingerprint density at radius 3 is 2.60 bits per heavy atom. The van der Waals surface area contributed by atoms with E-state index in [2.05, 4.69) is 26.5 Å². The van der Waals surface area contributed by atoms with Gasteiger partial charge in [-0.1, -0.05) is 46.3 Å². The van der Waals surface area contributed by atoms with Crippen molar-refractivity contribution in [3.05, 3.63) is 88.4 Å². The Hall–Kier alpha value is -3.32. The van der Waals surface area contributed by atoms with Crippen LogP contribution in [-0.4, -0.2) is 25.8 Å². The summed E-state index contributed by atoms with van der Waals surface area (Å²) < 4.78 is 17.6. The lowest BCUT2D eigenvalue weighted by atomic mass is 10.2. The molecule has 7 heteroatoms. The molecule has 3 rings (SSSR count). The second-order valence-electron chi connectivity index (χ2n) is 6.22. The first-order valence-electron chi connectivity index (χ1n) is 9.19. The Kier molecular flexibility index (Phi) is 7.86. The maximum atomic E-state index is 11.9. The predicted octanol–water partition coefficient (Wildman–Crippen LogP) is 4.57. The third-order valence-electron chi connectivity index (χ3n) is 4.01. The molecular formula is C23H21BrN2O4. The quantitative estimate of drug-likeness (QED) is 0.369. The number of carbonyl (C=O) groups excluding carboxylic acids is 1. The van der Waals surface area contributed by atoms with E-state index in [9.17, 15) is 4.79 Å². The minimum Gasteiger partial charge on any atom is -0.497 e. The molecule has 0 radical (unpaired) electrons. The van der Waals surface area contributed by atoms with Crippen LogP contribution in [0.5, 0.6) is 17.2 Å². The van der Waals surface area contributed by atoms with Crippen molar-refractivity contribution in [2.24, 2.45) is 5.10 Å². The molecule has 3 aromatic rings. The number of nitrogens with one attached hydrogen (secondary N) is 1. The third-order valence-corrected chi connectivity index (χ3v) is 4.50. The fourth-order valence-corrected chi connectivity index (χ4v) is 2.99. The van der Waals surface area contributed by atoms with Crippen molar-refractivity contribution in [2.75, 3.05) is 13.7 Å². The summed E-state index contributed by atoms with van der Waals surface area (Å²) in [5.74, 6) is 1.53. The van der Waals surface area contributed by atoms with Crippen LogP contribution in [0.3, 0.4) is 0 Å². The van der Waals surface area contributed by atoms with Gasteiger partial charge in [0.25, 0.3) is 5.91 Å². The summed E-state index contributed by atoms with van der Waals surface area (Å²) in [5.41, 5.74) is 4.15. The molecule has 0 spiro atoms. The molecule has 0 aliphatic rings. The Bertz CT molecular complexity index is 1010. The van der Waals surface area contributed by atoms with E-state index in [1.54, 1.807) is 37.4 Å². The summed E-state index contributed by atoms with van der Waals surface area (Å²) in [5, 5.41) is 4.01. The minimum absolute atomic E-state index is 0.133. The average Bonchev–Trinajstić information content (AvgIpc) is 2.77. The van der Waals surface area contributed by atoms with Gasteiger partial charge in [-0.25, -0.2) is 5.43 Å². The van der Waals surface area contributed by atoms with Gasteiger partial charge in [0.15, 0.2) is 6.61 Å². The number of benzene rings is 3. The highest BCUT2D eigenvalue weighted by Gasteiger charge is 2.06. The minimum atomic E-state index is -0.366. The highest BCUT2D eigenvalue weighted by Crippen LogP contribution is 2.24. The van der Waals surface area contributed by atoms with Gasteiger partial charge in [0, 0.05) is 10.0 Å². The number of rotatable bonds is 9. The fraction of sp³-hybridized carbons (Fsp3) is 0.130. The van der Waals surface area contributed by atoms with Crippen LogP contribution in [0.25, 0.3) is 0 Å². The smallest absolute Gasteiger partial charge is 0.277 e. The first-order valence-corrected chi connectivity index (χ1v) is 9.98. The molecule has 0 saturated heterocycles. The Morgan fingerprint density at radius 1 is 1.00 bits per heavy atom. The number of hydrogen-bond acceptors (Lipinski definition) is 5. The number of nitrogens with zero attached hydrogens (tertiary/aromatic N) is 1. The molecule has 0 unspecified atom stereocenters. The number of carbonyl (C=O) groups is 1. The van der Waals surface area contributed by atoms with Crippen molar-refractivity contribution in [1.82, 2.24) is 5.43 Å². The van der Waals surface area contributed by atoms with E-state index in [1.165, 1.54) is 6.21 Å². The van der Waals surface area contributed by atoms with Crippen LogP contribution in [0.4, 0.5) is 0 Å². The van der Waals surface area contributed by atoms with Gasteiger partial charge in [0.2, 0.25) is 0 Å². The van der Waals surface area contributed by atoms with Crippen molar-refractivity contribution in [1.29, 1.82) is 0 Å². The van der Waals surface area contributed by atoms with Crippen molar-refractivity contribution in [3.8, 4) is 17.2 Å². The summed E-state index contributed by atoms with van der Waals surface area (Å²) in [6.07, 6.45) is 1.51. The van der Waals surface area contributed by atoms with Gasteiger partial charge < -0.3 is 14.2 Å². The Labute approximate surface area is 183 Å². The van der Waals surface area contributed by atoms with Gasteiger partial charge in [-0.05, 0) is 48.0 Å².